The van der Waals surface area contributed by atoms with Crippen molar-refractivity contribution in [2.24, 2.45) is 0 Å². The molecule has 2 N–H and O–H groups in total. The van der Waals surface area contributed by atoms with E-state index in [1.165, 1.54) is 13.8 Å². The summed E-state index contributed by atoms with van der Waals surface area (Å²) in [6, 6.07) is -0.757. The zero-order valence-corrected chi connectivity index (χ0v) is 7.63. The maximum atomic E-state index is 11.1. The van der Waals surface area contributed by atoms with Crippen LogP contribution in [-0.4, -0.2) is 28.9 Å². The SMILES string of the molecule is CCC(=O)[C@@H](NC(C)=O)[C@@H](C)O. The van der Waals surface area contributed by atoms with Gasteiger partial charge in [-0.3, -0.25) is 9.59 Å². The smallest absolute Gasteiger partial charge is 0.217 e. The molecule has 12 heavy (non-hydrogen) atoms. The molecule has 0 aliphatic heterocycles. The Kier molecular flexibility index (Phi) is 4.51. The van der Waals surface area contributed by atoms with Gasteiger partial charge in [-0.2, -0.15) is 0 Å². The van der Waals surface area contributed by atoms with E-state index >= 15 is 0 Å². The molecule has 0 bridgehead atoms. The lowest BCUT2D eigenvalue weighted by molar-refractivity contribution is -0.129. The summed E-state index contributed by atoms with van der Waals surface area (Å²) in [5.41, 5.74) is 0. The van der Waals surface area contributed by atoms with Gasteiger partial charge < -0.3 is 10.4 Å². The maximum Gasteiger partial charge on any atom is 0.217 e. The molecule has 0 saturated heterocycles. The fraction of sp³-hybridized carbons (Fsp3) is 0.750. The summed E-state index contributed by atoms with van der Waals surface area (Å²) in [4.78, 5) is 21.7. The summed E-state index contributed by atoms with van der Waals surface area (Å²) in [6.07, 6.45) is -0.517. The number of carbonyl (C=O) groups is 2. The minimum absolute atomic E-state index is 0.153. The number of ketones is 1. The molecule has 0 rings (SSSR count). The van der Waals surface area contributed by atoms with Gasteiger partial charge in [0.1, 0.15) is 6.04 Å². The number of hydrogen-bond acceptors (Lipinski definition) is 3. The Morgan fingerprint density at radius 3 is 2.25 bits per heavy atom. The third kappa shape index (κ3) is 3.48. The molecule has 0 unspecified atom stereocenters. The first-order valence-corrected chi connectivity index (χ1v) is 3.97. The van der Waals surface area contributed by atoms with E-state index in [2.05, 4.69) is 5.32 Å². The second kappa shape index (κ2) is 4.87. The number of amides is 1. The number of carbonyl (C=O) groups excluding carboxylic acids is 2. The van der Waals surface area contributed by atoms with Crippen LogP contribution in [0.5, 0.6) is 0 Å². The van der Waals surface area contributed by atoms with Gasteiger partial charge in [-0.15, -0.1) is 0 Å². The molecule has 0 aromatic rings. The van der Waals surface area contributed by atoms with Gasteiger partial charge in [0.25, 0.3) is 0 Å². The predicted molar refractivity (Wildman–Crippen MR) is 44.6 cm³/mol. The molecule has 0 saturated carbocycles. The number of nitrogens with one attached hydrogen (secondary N) is 1. The Labute approximate surface area is 72.0 Å². The van der Waals surface area contributed by atoms with Crippen molar-refractivity contribution in [2.75, 3.05) is 0 Å². The van der Waals surface area contributed by atoms with Crippen molar-refractivity contribution < 1.29 is 14.7 Å². The second-order valence-corrected chi connectivity index (χ2v) is 2.74. The molecule has 2 atom stereocenters. The van der Waals surface area contributed by atoms with Crippen LogP contribution in [0.25, 0.3) is 0 Å². The quantitative estimate of drug-likeness (QED) is 0.621. The molecule has 0 aliphatic carbocycles. The monoisotopic (exact) mass is 173 g/mol. The summed E-state index contributed by atoms with van der Waals surface area (Å²) in [5.74, 6) is -0.456. The normalized spacial score (nSPS) is 15.0. The van der Waals surface area contributed by atoms with Crippen LogP contribution in [-0.2, 0) is 9.59 Å². The lowest BCUT2D eigenvalue weighted by Crippen LogP contribution is -2.46. The first kappa shape index (κ1) is 11.1. The molecule has 70 valence electrons. The van der Waals surface area contributed by atoms with Crippen LogP contribution in [0.4, 0.5) is 0 Å². The van der Waals surface area contributed by atoms with Gasteiger partial charge in [0.05, 0.1) is 6.10 Å². The molecule has 4 heteroatoms. The van der Waals surface area contributed by atoms with Crippen LogP contribution in [0.3, 0.4) is 0 Å². The van der Waals surface area contributed by atoms with Crippen molar-refractivity contribution in [3.05, 3.63) is 0 Å². The van der Waals surface area contributed by atoms with E-state index < -0.39 is 12.1 Å². The first-order valence-electron chi connectivity index (χ1n) is 3.97. The first-order chi connectivity index (χ1) is 5.49. The molecule has 0 radical (unpaired) electrons. The number of rotatable bonds is 4. The summed E-state index contributed by atoms with van der Waals surface area (Å²) in [7, 11) is 0. The molecule has 1 amide bonds. The Morgan fingerprint density at radius 1 is 1.50 bits per heavy atom. The highest BCUT2D eigenvalue weighted by Gasteiger charge is 2.22. The Balaban J connectivity index is 4.23. The minimum atomic E-state index is -0.832. The molecule has 0 aliphatic rings. The summed E-state index contributed by atoms with van der Waals surface area (Å²) in [5, 5.41) is 11.5. The number of Topliss-reactive ketones (excluding diaryl/α,β-unsaturated/α-hetero) is 1. The third-order valence-corrected chi connectivity index (χ3v) is 1.54. The lowest BCUT2D eigenvalue weighted by Gasteiger charge is -2.18. The van der Waals surface area contributed by atoms with Gasteiger partial charge in [-0.25, -0.2) is 0 Å². The van der Waals surface area contributed by atoms with E-state index in [-0.39, 0.29) is 11.7 Å². The van der Waals surface area contributed by atoms with E-state index in [0.29, 0.717) is 6.42 Å². The van der Waals surface area contributed by atoms with E-state index in [0.717, 1.165) is 0 Å². The Bertz CT molecular complexity index is 177. The maximum absolute atomic E-state index is 11.1. The van der Waals surface area contributed by atoms with Crippen LogP contribution in [0.2, 0.25) is 0 Å². The third-order valence-electron chi connectivity index (χ3n) is 1.54. The molecular formula is C8H15NO3. The van der Waals surface area contributed by atoms with Crippen molar-refractivity contribution >= 4 is 11.7 Å². The Morgan fingerprint density at radius 2 is 2.00 bits per heavy atom. The zero-order chi connectivity index (χ0) is 9.72. The van der Waals surface area contributed by atoms with E-state index in [1.807, 2.05) is 0 Å². The standard InChI is InChI=1S/C8H15NO3/c1-4-7(12)8(5(2)10)9-6(3)11/h5,8,10H,4H2,1-3H3,(H,9,11)/t5-,8+/m1/s1. The van der Waals surface area contributed by atoms with Gasteiger partial charge in [0, 0.05) is 13.3 Å². The fourth-order valence-electron chi connectivity index (χ4n) is 0.909. The van der Waals surface area contributed by atoms with Crippen LogP contribution < -0.4 is 5.32 Å². The van der Waals surface area contributed by atoms with Crippen molar-refractivity contribution in [2.45, 2.75) is 39.3 Å². The van der Waals surface area contributed by atoms with Crippen molar-refractivity contribution in [1.82, 2.24) is 5.32 Å². The predicted octanol–water partition coefficient (Wildman–Crippen LogP) is -0.149. The van der Waals surface area contributed by atoms with E-state index in [9.17, 15) is 9.59 Å². The van der Waals surface area contributed by atoms with Crippen LogP contribution in [0, 0.1) is 0 Å². The van der Waals surface area contributed by atoms with Gasteiger partial charge in [0.2, 0.25) is 5.91 Å². The number of aliphatic hydroxyl groups excluding tert-OH is 1. The molecule has 0 fully saturated rings. The highest BCUT2D eigenvalue weighted by atomic mass is 16.3. The molecule has 0 heterocycles. The van der Waals surface area contributed by atoms with Gasteiger partial charge in [-0.05, 0) is 6.92 Å². The van der Waals surface area contributed by atoms with Gasteiger partial charge in [0.15, 0.2) is 5.78 Å². The highest BCUT2D eigenvalue weighted by Crippen LogP contribution is 1.97. The van der Waals surface area contributed by atoms with Crippen molar-refractivity contribution in [3.63, 3.8) is 0 Å². The molecule has 0 aromatic heterocycles. The zero-order valence-electron chi connectivity index (χ0n) is 7.63. The average Bonchev–Trinajstić information content (AvgIpc) is 1.98. The van der Waals surface area contributed by atoms with Crippen molar-refractivity contribution in [1.29, 1.82) is 0 Å². The van der Waals surface area contributed by atoms with E-state index in [4.69, 9.17) is 5.11 Å². The Hall–Kier alpha value is -0.900. The van der Waals surface area contributed by atoms with Crippen LogP contribution in [0.1, 0.15) is 27.2 Å². The second-order valence-electron chi connectivity index (χ2n) is 2.74. The largest absolute Gasteiger partial charge is 0.391 e. The fourth-order valence-corrected chi connectivity index (χ4v) is 0.909. The lowest BCUT2D eigenvalue weighted by atomic mass is 10.1. The van der Waals surface area contributed by atoms with Gasteiger partial charge in [-0.1, -0.05) is 6.92 Å². The molecule has 0 spiro atoms. The molecular weight excluding hydrogens is 158 g/mol. The van der Waals surface area contributed by atoms with E-state index in [1.54, 1.807) is 6.92 Å². The van der Waals surface area contributed by atoms with Crippen LogP contribution in [0.15, 0.2) is 0 Å². The number of hydrogen-bond donors (Lipinski definition) is 2. The summed E-state index contributed by atoms with van der Waals surface area (Å²) < 4.78 is 0. The summed E-state index contributed by atoms with van der Waals surface area (Å²) >= 11 is 0. The van der Waals surface area contributed by atoms with Crippen molar-refractivity contribution in [3.8, 4) is 0 Å². The highest BCUT2D eigenvalue weighted by molar-refractivity contribution is 5.88. The molecule has 4 nitrogen and oxygen atoms in total. The van der Waals surface area contributed by atoms with Crippen LogP contribution >= 0.6 is 0 Å². The minimum Gasteiger partial charge on any atom is -0.391 e. The topological polar surface area (TPSA) is 66.4 Å². The van der Waals surface area contributed by atoms with Gasteiger partial charge >= 0.3 is 0 Å². The molecule has 0 aromatic carbocycles. The summed E-state index contributed by atoms with van der Waals surface area (Å²) in [6.45, 7) is 4.49. The number of aliphatic hydroxyl groups is 1. The average molecular weight is 173 g/mol.